The topological polar surface area (TPSA) is 55.6 Å². The van der Waals surface area contributed by atoms with Crippen molar-refractivity contribution in [2.45, 2.75) is 26.0 Å². The lowest BCUT2D eigenvalue weighted by atomic mass is 9.81. The Morgan fingerprint density at radius 1 is 1.43 bits per heavy atom. The molecule has 1 amide bonds. The van der Waals surface area contributed by atoms with Gasteiger partial charge in [-0.05, 0) is 19.1 Å². The van der Waals surface area contributed by atoms with E-state index in [4.69, 9.17) is 10.5 Å². The molecule has 0 saturated carbocycles. The molecule has 0 radical (unpaired) electrons. The van der Waals surface area contributed by atoms with Crippen molar-refractivity contribution in [3.8, 4) is 5.75 Å². The van der Waals surface area contributed by atoms with Crippen molar-refractivity contribution in [2.75, 3.05) is 5.73 Å². The summed E-state index contributed by atoms with van der Waals surface area (Å²) in [6.07, 6.45) is 6.27. The van der Waals surface area contributed by atoms with E-state index in [2.05, 4.69) is 41.1 Å². The van der Waals surface area contributed by atoms with Gasteiger partial charge in [0.1, 0.15) is 11.9 Å². The van der Waals surface area contributed by atoms with Gasteiger partial charge in [0.25, 0.3) is 0 Å². The van der Waals surface area contributed by atoms with Gasteiger partial charge < -0.3 is 10.5 Å². The molecule has 110 valence electrons. The second-order valence-corrected chi connectivity index (χ2v) is 6.54. The van der Waals surface area contributed by atoms with Gasteiger partial charge in [-0.3, -0.25) is 7.91 Å². The number of nitrogen functional groups attached to an aromatic ring is 1. The molecule has 0 bridgehead atoms. The number of hydrogen-bond donors (Lipinski definition) is 1. The summed E-state index contributed by atoms with van der Waals surface area (Å²) in [5, 5.41) is 0. The predicted molar refractivity (Wildman–Crippen MR) is 90.9 cm³/mol. The van der Waals surface area contributed by atoms with Gasteiger partial charge in [0, 0.05) is 30.2 Å². The highest BCUT2D eigenvalue weighted by molar-refractivity contribution is 14.1. The van der Waals surface area contributed by atoms with E-state index in [-0.39, 0.29) is 24.0 Å². The van der Waals surface area contributed by atoms with E-state index in [1.165, 1.54) is 5.57 Å². The molecule has 5 heteroatoms. The number of nitrogens with zero attached hydrogens (tertiary/aromatic N) is 1. The van der Waals surface area contributed by atoms with E-state index < -0.39 is 0 Å². The molecule has 1 aromatic carbocycles. The molecule has 1 heterocycles. The second kappa shape index (κ2) is 5.36. The number of hydrogen-bond acceptors (Lipinski definition) is 3. The fraction of sp³-hybridized carbons (Fsp3) is 0.312. The molecule has 4 nitrogen and oxygen atoms in total. The Balaban J connectivity index is 2.11. The third-order valence-corrected chi connectivity index (χ3v) is 5.20. The van der Waals surface area contributed by atoms with Crippen LogP contribution in [0.4, 0.5) is 5.69 Å². The van der Waals surface area contributed by atoms with Crippen molar-refractivity contribution < 1.29 is 9.53 Å². The Bertz CT molecular complexity index is 654. The molecule has 3 rings (SSSR count). The first-order valence-corrected chi connectivity index (χ1v) is 7.82. The maximum atomic E-state index is 11.9. The predicted octanol–water partition coefficient (Wildman–Crippen LogP) is 3.40. The zero-order valence-electron chi connectivity index (χ0n) is 11.9. The molecule has 2 N–H and O–H groups in total. The van der Waals surface area contributed by atoms with E-state index in [1.54, 1.807) is 10.0 Å². The average molecular weight is 396 g/mol. The Labute approximate surface area is 138 Å². The zero-order valence-corrected chi connectivity index (χ0v) is 14.1. The van der Waals surface area contributed by atoms with Crippen molar-refractivity contribution in [1.29, 1.82) is 0 Å². The van der Waals surface area contributed by atoms with E-state index in [1.807, 2.05) is 25.1 Å². The van der Waals surface area contributed by atoms with Crippen LogP contribution in [-0.2, 0) is 4.79 Å². The number of halogens is 1. The van der Waals surface area contributed by atoms with Crippen LogP contribution in [0, 0.1) is 5.92 Å². The van der Waals surface area contributed by atoms with Crippen LogP contribution in [-0.4, -0.2) is 15.1 Å². The maximum absolute atomic E-state index is 11.9. The summed E-state index contributed by atoms with van der Waals surface area (Å²) in [5.41, 5.74) is 8.71. The Kier molecular flexibility index (Phi) is 3.69. The van der Waals surface area contributed by atoms with Crippen molar-refractivity contribution in [3.05, 3.63) is 47.6 Å². The normalized spacial score (nSPS) is 26.2. The molecular formula is C16H17IN2O2. The fourth-order valence-corrected chi connectivity index (χ4v) is 3.59. The molecule has 0 fully saturated rings. The summed E-state index contributed by atoms with van der Waals surface area (Å²) >= 11 is 2.09. The van der Waals surface area contributed by atoms with Crippen LogP contribution < -0.4 is 10.5 Å². The van der Waals surface area contributed by atoms with Gasteiger partial charge in [-0.15, -0.1) is 0 Å². The number of anilines is 1. The fourth-order valence-electron chi connectivity index (χ4n) is 2.92. The highest BCUT2D eigenvalue weighted by atomic mass is 127. The van der Waals surface area contributed by atoms with E-state index in [0.717, 1.165) is 11.3 Å². The summed E-state index contributed by atoms with van der Waals surface area (Å²) in [5.74, 6) is 0.915. The molecule has 3 atom stereocenters. The first-order valence-electron chi connectivity index (χ1n) is 6.85. The zero-order chi connectivity index (χ0) is 15.1. The van der Waals surface area contributed by atoms with E-state index in [0.29, 0.717) is 5.69 Å². The summed E-state index contributed by atoms with van der Waals surface area (Å²) in [6.45, 7) is 3.63. The second-order valence-electron chi connectivity index (χ2n) is 5.50. The summed E-state index contributed by atoms with van der Waals surface area (Å²) < 4.78 is 7.85. The number of amides is 1. The smallest absolute Gasteiger partial charge is 0.228 e. The maximum Gasteiger partial charge on any atom is 0.228 e. The van der Waals surface area contributed by atoms with Crippen molar-refractivity contribution in [1.82, 2.24) is 3.11 Å². The van der Waals surface area contributed by atoms with E-state index >= 15 is 0 Å². The highest BCUT2D eigenvalue weighted by Gasteiger charge is 2.40. The van der Waals surface area contributed by atoms with Gasteiger partial charge in [0.15, 0.2) is 0 Å². The summed E-state index contributed by atoms with van der Waals surface area (Å²) in [7, 11) is 0. The van der Waals surface area contributed by atoms with Crippen LogP contribution in [0.2, 0.25) is 0 Å². The lowest BCUT2D eigenvalue weighted by Crippen LogP contribution is -2.41. The Morgan fingerprint density at radius 3 is 2.90 bits per heavy atom. The van der Waals surface area contributed by atoms with Crippen LogP contribution in [0.15, 0.2) is 42.0 Å². The quantitative estimate of drug-likeness (QED) is 0.450. The first-order chi connectivity index (χ1) is 9.97. The van der Waals surface area contributed by atoms with Crippen LogP contribution in [0.5, 0.6) is 5.75 Å². The largest absolute Gasteiger partial charge is 0.485 e. The number of fused-ring (bicyclic) bond motifs is 2. The van der Waals surface area contributed by atoms with Crippen molar-refractivity contribution in [3.63, 3.8) is 0 Å². The summed E-state index contributed by atoms with van der Waals surface area (Å²) in [6, 6.07) is 5.61. The first kappa shape index (κ1) is 14.4. The minimum atomic E-state index is -0.0640. The van der Waals surface area contributed by atoms with Crippen molar-refractivity contribution >= 4 is 34.5 Å². The van der Waals surface area contributed by atoms with Gasteiger partial charge in [-0.25, -0.2) is 0 Å². The molecule has 0 saturated heterocycles. The van der Waals surface area contributed by atoms with E-state index in [9.17, 15) is 4.79 Å². The van der Waals surface area contributed by atoms with Crippen LogP contribution in [0.25, 0.3) is 0 Å². The molecule has 2 aliphatic rings. The third kappa shape index (κ3) is 2.54. The number of allylic oxidation sites excluding steroid dienone is 2. The SMILES string of the molecule is CC(=O)N(I)C1c2ccc(N)cc2OC2C=C(C)C=CC21. The molecule has 3 unspecified atom stereocenters. The summed E-state index contributed by atoms with van der Waals surface area (Å²) in [4.78, 5) is 11.9. The van der Waals surface area contributed by atoms with Gasteiger partial charge in [-0.1, -0.05) is 23.8 Å². The number of carbonyl (C=O) groups excluding carboxylic acids is 1. The average Bonchev–Trinajstić information content (AvgIpc) is 2.43. The molecule has 0 spiro atoms. The number of ether oxygens (including phenoxy) is 1. The van der Waals surface area contributed by atoms with Crippen LogP contribution >= 0.6 is 22.9 Å². The van der Waals surface area contributed by atoms with Crippen LogP contribution in [0.3, 0.4) is 0 Å². The van der Waals surface area contributed by atoms with Gasteiger partial charge >= 0.3 is 0 Å². The van der Waals surface area contributed by atoms with Crippen molar-refractivity contribution in [2.24, 2.45) is 5.92 Å². The Hall–Kier alpha value is -1.50. The lowest BCUT2D eigenvalue weighted by molar-refractivity contribution is -0.125. The molecular weight excluding hydrogens is 379 g/mol. The number of benzene rings is 1. The van der Waals surface area contributed by atoms with Gasteiger partial charge in [-0.2, -0.15) is 0 Å². The molecule has 1 aromatic rings. The molecule has 21 heavy (non-hydrogen) atoms. The lowest BCUT2D eigenvalue weighted by Gasteiger charge is -2.41. The molecule has 1 aliphatic carbocycles. The number of carbonyl (C=O) groups is 1. The standard InChI is InChI=1S/C16H17IN2O2/c1-9-3-5-12-14(7-9)21-15-8-11(18)4-6-13(15)16(12)19(17)10(2)20/h3-8,12,14,16H,18H2,1-2H3. The number of rotatable bonds is 1. The number of nitrogens with two attached hydrogens (primary N) is 1. The molecule has 1 aliphatic heterocycles. The minimum absolute atomic E-state index is 0.0312. The van der Waals surface area contributed by atoms with Gasteiger partial charge in [0.05, 0.1) is 28.9 Å². The third-order valence-electron chi connectivity index (χ3n) is 3.92. The minimum Gasteiger partial charge on any atom is -0.485 e. The van der Waals surface area contributed by atoms with Gasteiger partial charge in [0.2, 0.25) is 5.91 Å². The monoisotopic (exact) mass is 396 g/mol. The Morgan fingerprint density at radius 2 is 2.19 bits per heavy atom. The molecule has 0 aromatic heterocycles. The highest BCUT2D eigenvalue weighted by Crippen LogP contribution is 2.46. The van der Waals surface area contributed by atoms with Crippen LogP contribution in [0.1, 0.15) is 25.5 Å².